The summed E-state index contributed by atoms with van der Waals surface area (Å²) >= 11 is 5.72. The molecule has 0 aliphatic rings. The number of hydroxylamine groups is 1. The van der Waals surface area contributed by atoms with Gasteiger partial charge in [0.15, 0.2) is 5.84 Å². The number of pyridine rings is 1. The van der Waals surface area contributed by atoms with E-state index in [4.69, 9.17) is 21.1 Å². The van der Waals surface area contributed by atoms with Gasteiger partial charge < -0.3 is 9.47 Å². The quantitative estimate of drug-likeness (QED) is 0.472. The molecule has 1 heterocycles. The zero-order valence-corrected chi connectivity index (χ0v) is 13.9. The van der Waals surface area contributed by atoms with Gasteiger partial charge in [-0.1, -0.05) is 11.6 Å². The third-order valence-electron chi connectivity index (χ3n) is 2.99. The predicted octanol–water partition coefficient (Wildman–Crippen LogP) is 3.43. The van der Waals surface area contributed by atoms with Crippen LogP contribution in [0, 0.1) is 5.82 Å². The largest absolute Gasteiger partial charge is 0.439 e. The molecule has 6 nitrogen and oxygen atoms in total. The number of aromatic nitrogens is 1. The number of rotatable bonds is 6. The lowest BCUT2D eigenvalue weighted by Gasteiger charge is -2.11. The number of aliphatic imine (C=N–C) groups is 1. The van der Waals surface area contributed by atoms with Crippen LogP contribution in [0.15, 0.2) is 41.5 Å². The maximum Gasteiger partial charge on any atom is 0.219 e. The minimum Gasteiger partial charge on any atom is -0.439 e. The van der Waals surface area contributed by atoms with Crippen LogP contribution in [0.2, 0.25) is 5.02 Å². The molecule has 1 unspecified atom stereocenters. The average molecular weight is 354 g/mol. The topological polar surface area (TPSA) is 76.0 Å². The molecule has 24 heavy (non-hydrogen) atoms. The number of amidine groups is 1. The van der Waals surface area contributed by atoms with E-state index in [1.54, 1.807) is 19.2 Å². The molecule has 0 amide bonds. The Kier molecular flexibility index (Phi) is 6.48. The summed E-state index contributed by atoms with van der Waals surface area (Å²) in [6.45, 7) is 2.26. The Bertz CT molecular complexity index is 727. The lowest BCUT2D eigenvalue weighted by molar-refractivity contribution is 0.184. The first kappa shape index (κ1) is 18.1. The molecule has 1 aromatic heterocycles. The Balaban J connectivity index is 2.22. The van der Waals surface area contributed by atoms with E-state index < -0.39 is 5.82 Å². The van der Waals surface area contributed by atoms with Crippen LogP contribution in [0.25, 0.3) is 0 Å². The molecule has 128 valence electrons. The first-order valence-corrected chi connectivity index (χ1v) is 7.47. The van der Waals surface area contributed by atoms with Gasteiger partial charge in [0.25, 0.3) is 0 Å². The van der Waals surface area contributed by atoms with Crippen LogP contribution in [-0.4, -0.2) is 35.8 Å². The van der Waals surface area contributed by atoms with E-state index in [9.17, 15) is 9.60 Å². The van der Waals surface area contributed by atoms with Gasteiger partial charge in [0, 0.05) is 31.0 Å². The number of nitrogens with one attached hydrogen (secondary N) is 1. The van der Waals surface area contributed by atoms with Gasteiger partial charge in [0.05, 0.1) is 17.7 Å². The third-order valence-corrected chi connectivity index (χ3v) is 3.27. The molecule has 2 rings (SSSR count). The smallest absolute Gasteiger partial charge is 0.219 e. The number of ether oxygens (including phenoxy) is 2. The SMILES string of the molecule is COCC(C)N=C(NO)c1ccnc(Oc2ccc(F)c(Cl)c2)c1. The van der Waals surface area contributed by atoms with Gasteiger partial charge >= 0.3 is 0 Å². The fourth-order valence-electron chi connectivity index (χ4n) is 1.94. The summed E-state index contributed by atoms with van der Waals surface area (Å²) < 4.78 is 23.7. The van der Waals surface area contributed by atoms with Gasteiger partial charge in [-0.15, -0.1) is 0 Å². The second-order valence-electron chi connectivity index (χ2n) is 4.95. The molecule has 0 saturated carbocycles. The van der Waals surface area contributed by atoms with Gasteiger partial charge in [-0.05, 0) is 25.1 Å². The Hall–Kier alpha value is -2.22. The number of benzene rings is 1. The van der Waals surface area contributed by atoms with E-state index in [1.807, 2.05) is 6.92 Å². The van der Waals surface area contributed by atoms with Crippen LogP contribution in [-0.2, 0) is 4.74 Å². The van der Waals surface area contributed by atoms with E-state index in [1.165, 1.54) is 24.4 Å². The van der Waals surface area contributed by atoms with Crippen LogP contribution in [0.1, 0.15) is 12.5 Å². The molecule has 8 heteroatoms. The highest BCUT2D eigenvalue weighted by atomic mass is 35.5. The highest BCUT2D eigenvalue weighted by molar-refractivity contribution is 6.30. The molecular weight excluding hydrogens is 337 g/mol. The maximum absolute atomic E-state index is 13.2. The average Bonchev–Trinajstić information content (AvgIpc) is 2.56. The summed E-state index contributed by atoms with van der Waals surface area (Å²) in [7, 11) is 1.57. The van der Waals surface area contributed by atoms with Crippen molar-refractivity contribution in [2.45, 2.75) is 13.0 Å². The second kappa shape index (κ2) is 8.58. The minimum absolute atomic E-state index is 0.0451. The van der Waals surface area contributed by atoms with E-state index in [0.29, 0.717) is 17.9 Å². The minimum atomic E-state index is -0.531. The number of hydrogen-bond acceptors (Lipinski definition) is 5. The summed E-state index contributed by atoms with van der Waals surface area (Å²) in [6.07, 6.45) is 1.50. The summed E-state index contributed by atoms with van der Waals surface area (Å²) in [5.74, 6) is 0.312. The van der Waals surface area contributed by atoms with Crippen molar-refractivity contribution in [3.63, 3.8) is 0 Å². The fourth-order valence-corrected chi connectivity index (χ4v) is 2.11. The van der Waals surface area contributed by atoms with E-state index >= 15 is 0 Å². The zero-order chi connectivity index (χ0) is 17.5. The Morgan fingerprint density at radius 2 is 2.21 bits per heavy atom. The van der Waals surface area contributed by atoms with Crippen molar-refractivity contribution < 1.29 is 19.1 Å². The van der Waals surface area contributed by atoms with E-state index in [2.05, 4.69) is 15.5 Å². The highest BCUT2D eigenvalue weighted by Gasteiger charge is 2.09. The molecule has 2 aromatic rings. The standard InChI is InChI=1S/C16H17ClFN3O3/c1-10(9-23-2)20-16(21-22)11-5-6-19-15(7-11)24-12-3-4-14(18)13(17)8-12/h3-8,10,22H,9H2,1-2H3,(H,20,21). The molecule has 0 radical (unpaired) electrons. The molecule has 0 spiro atoms. The molecule has 1 atom stereocenters. The maximum atomic E-state index is 13.2. The number of methoxy groups -OCH3 is 1. The molecular formula is C16H17ClFN3O3. The lowest BCUT2D eigenvalue weighted by Crippen LogP contribution is -2.23. The number of halogens is 2. The molecule has 2 N–H and O–H groups in total. The van der Waals surface area contributed by atoms with Gasteiger partial charge in [0.1, 0.15) is 11.6 Å². The van der Waals surface area contributed by atoms with Crippen molar-refractivity contribution in [1.29, 1.82) is 0 Å². The number of nitrogens with zero attached hydrogens (tertiary/aromatic N) is 2. The first-order chi connectivity index (χ1) is 11.5. The molecule has 0 aliphatic carbocycles. The molecule has 0 saturated heterocycles. The van der Waals surface area contributed by atoms with Crippen molar-refractivity contribution in [1.82, 2.24) is 10.5 Å². The predicted molar refractivity (Wildman–Crippen MR) is 88.5 cm³/mol. The zero-order valence-electron chi connectivity index (χ0n) is 13.2. The van der Waals surface area contributed by atoms with E-state index in [0.717, 1.165) is 0 Å². The lowest BCUT2D eigenvalue weighted by atomic mass is 10.2. The third kappa shape index (κ3) is 4.89. The van der Waals surface area contributed by atoms with Crippen molar-refractivity contribution in [2.75, 3.05) is 13.7 Å². The van der Waals surface area contributed by atoms with Gasteiger partial charge in [-0.25, -0.2) is 9.37 Å². The van der Waals surface area contributed by atoms with Crippen molar-refractivity contribution in [3.8, 4) is 11.6 Å². The molecule has 0 bridgehead atoms. The van der Waals surface area contributed by atoms with Crippen LogP contribution < -0.4 is 10.2 Å². The van der Waals surface area contributed by atoms with Crippen LogP contribution in [0.3, 0.4) is 0 Å². The normalized spacial score (nSPS) is 12.8. The van der Waals surface area contributed by atoms with Gasteiger partial charge in [-0.2, -0.15) is 0 Å². The second-order valence-corrected chi connectivity index (χ2v) is 5.36. The Labute approximate surface area is 143 Å². The van der Waals surface area contributed by atoms with Crippen LogP contribution in [0.5, 0.6) is 11.6 Å². The van der Waals surface area contributed by atoms with Gasteiger partial charge in [0.2, 0.25) is 5.88 Å². The molecule has 1 aromatic carbocycles. The van der Waals surface area contributed by atoms with Crippen molar-refractivity contribution >= 4 is 17.4 Å². The first-order valence-electron chi connectivity index (χ1n) is 7.09. The monoisotopic (exact) mass is 353 g/mol. The van der Waals surface area contributed by atoms with E-state index in [-0.39, 0.29) is 22.8 Å². The number of hydrogen-bond donors (Lipinski definition) is 2. The fraction of sp³-hybridized carbons (Fsp3) is 0.250. The molecule has 0 fully saturated rings. The van der Waals surface area contributed by atoms with Crippen molar-refractivity contribution in [2.24, 2.45) is 4.99 Å². The van der Waals surface area contributed by atoms with Crippen molar-refractivity contribution in [3.05, 3.63) is 52.9 Å². The summed E-state index contributed by atoms with van der Waals surface area (Å²) in [6, 6.07) is 7.08. The highest BCUT2D eigenvalue weighted by Crippen LogP contribution is 2.25. The van der Waals surface area contributed by atoms with Crippen LogP contribution in [0.4, 0.5) is 4.39 Å². The summed E-state index contributed by atoms with van der Waals surface area (Å²) in [4.78, 5) is 8.38. The summed E-state index contributed by atoms with van der Waals surface area (Å²) in [5.41, 5.74) is 2.62. The molecule has 0 aliphatic heterocycles. The Morgan fingerprint density at radius 3 is 2.88 bits per heavy atom. The van der Waals surface area contributed by atoms with Gasteiger partial charge in [-0.3, -0.25) is 15.7 Å². The Morgan fingerprint density at radius 1 is 1.42 bits per heavy atom. The van der Waals surface area contributed by atoms with Crippen LogP contribution >= 0.6 is 11.6 Å². The summed E-state index contributed by atoms with van der Waals surface area (Å²) in [5, 5.41) is 9.26.